The number of anilines is 1. The van der Waals surface area contributed by atoms with Crippen molar-refractivity contribution in [1.82, 2.24) is 0 Å². The van der Waals surface area contributed by atoms with Crippen LogP contribution >= 0.6 is 0 Å². The highest BCUT2D eigenvalue weighted by Gasteiger charge is 2.41. The Morgan fingerprint density at radius 1 is 1.29 bits per heavy atom. The number of carbonyl (C=O) groups excluding carboxylic acids is 1. The van der Waals surface area contributed by atoms with E-state index < -0.39 is 18.2 Å². The van der Waals surface area contributed by atoms with E-state index in [1.54, 1.807) is 6.92 Å². The molecule has 0 bridgehead atoms. The van der Waals surface area contributed by atoms with Crippen LogP contribution in [-0.4, -0.2) is 24.2 Å². The molecule has 1 aromatic rings. The van der Waals surface area contributed by atoms with Crippen molar-refractivity contribution in [2.75, 3.05) is 11.9 Å². The van der Waals surface area contributed by atoms with Crippen molar-refractivity contribution in [1.29, 1.82) is 0 Å². The molecule has 0 heterocycles. The molecular formula is C11H12F3NO2. The van der Waals surface area contributed by atoms with Crippen LogP contribution in [0.5, 0.6) is 0 Å². The molecule has 0 spiro atoms. The van der Waals surface area contributed by atoms with Gasteiger partial charge in [0.2, 0.25) is 0 Å². The van der Waals surface area contributed by atoms with Crippen molar-refractivity contribution in [3.63, 3.8) is 0 Å². The summed E-state index contributed by atoms with van der Waals surface area (Å²) in [6.45, 7) is 1.54. The molecule has 1 aromatic carbocycles. The van der Waals surface area contributed by atoms with Crippen molar-refractivity contribution < 1.29 is 23.1 Å². The van der Waals surface area contributed by atoms with E-state index in [9.17, 15) is 23.1 Å². The van der Waals surface area contributed by atoms with E-state index >= 15 is 0 Å². The molecule has 94 valence electrons. The summed E-state index contributed by atoms with van der Waals surface area (Å²) >= 11 is 0. The van der Waals surface area contributed by atoms with Crippen molar-refractivity contribution in [3.05, 3.63) is 29.8 Å². The number of amides is 1. The van der Waals surface area contributed by atoms with Crippen LogP contribution < -0.4 is 4.90 Å². The summed E-state index contributed by atoms with van der Waals surface area (Å²) in [6, 6.07) is 5.65. The predicted molar refractivity (Wildman–Crippen MR) is 56.5 cm³/mol. The Balaban J connectivity index is 2.91. The van der Waals surface area contributed by atoms with Gasteiger partial charge in [-0.3, -0.25) is 4.79 Å². The Morgan fingerprint density at radius 3 is 2.12 bits per heavy atom. The molecule has 3 nitrogen and oxygen atoms in total. The highest BCUT2D eigenvalue weighted by atomic mass is 19.4. The second-order valence-electron chi connectivity index (χ2n) is 3.63. The summed E-state index contributed by atoms with van der Waals surface area (Å²) in [4.78, 5) is 11.5. The first-order chi connectivity index (χ1) is 7.73. The van der Waals surface area contributed by atoms with Gasteiger partial charge < -0.3 is 10.0 Å². The number of aliphatic hydroxyl groups is 1. The molecule has 0 aliphatic heterocycles. The van der Waals surface area contributed by atoms with Crippen LogP contribution in [0.2, 0.25) is 0 Å². The Labute approximate surface area is 96.5 Å². The molecule has 0 fully saturated rings. The third-order valence-corrected chi connectivity index (χ3v) is 2.31. The van der Waals surface area contributed by atoms with E-state index in [4.69, 9.17) is 0 Å². The van der Waals surface area contributed by atoms with Crippen LogP contribution in [0, 0.1) is 0 Å². The highest BCUT2D eigenvalue weighted by Crippen LogP contribution is 2.23. The predicted octanol–water partition coefficient (Wildman–Crippen LogP) is 2.27. The maximum atomic E-state index is 12.2. The summed E-state index contributed by atoms with van der Waals surface area (Å²) < 4.78 is 36.5. The molecule has 1 atom stereocenters. The summed E-state index contributed by atoms with van der Waals surface area (Å²) in [5.74, 6) is -1.93. The van der Waals surface area contributed by atoms with Gasteiger partial charge in [0.05, 0.1) is 6.10 Å². The zero-order valence-corrected chi connectivity index (χ0v) is 9.32. The van der Waals surface area contributed by atoms with E-state index in [0.29, 0.717) is 10.5 Å². The van der Waals surface area contributed by atoms with Gasteiger partial charge in [-0.05, 0) is 24.6 Å². The first kappa shape index (κ1) is 13.5. The van der Waals surface area contributed by atoms with Gasteiger partial charge >= 0.3 is 12.1 Å². The van der Waals surface area contributed by atoms with E-state index in [0.717, 1.165) is 7.05 Å². The van der Waals surface area contributed by atoms with Crippen LogP contribution in [0.3, 0.4) is 0 Å². The topological polar surface area (TPSA) is 40.5 Å². The van der Waals surface area contributed by atoms with Crippen LogP contribution in [0.15, 0.2) is 24.3 Å². The first-order valence-electron chi connectivity index (χ1n) is 4.86. The Morgan fingerprint density at radius 2 is 1.76 bits per heavy atom. The van der Waals surface area contributed by atoms with Gasteiger partial charge in [-0.25, -0.2) is 0 Å². The Kier molecular flexibility index (Phi) is 3.77. The van der Waals surface area contributed by atoms with Crippen LogP contribution in [0.25, 0.3) is 0 Å². The Bertz CT molecular complexity index is 398. The zero-order chi connectivity index (χ0) is 13.2. The quantitative estimate of drug-likeness (QED) is 0.870. The number of benzene rings is 1. The molecule has 6 heteroatoms. The fourth-order valence-electron chi connectivity index (χ4n) is 1.28. The molecule has 1 amide bonds. The molecule has 0 unspecified atom stereocenters. The molecular weight excluding hydrogens is 235 g/mol. The summed E-state index contributed by atoms with van der Waals surface area (Å²) in [5, 5.41) is 9.23. The first-order valence-corrected chi connectivity index (χ1v) is 4.86. The van der Waals surface area contributed by atoms with Crippen molar-refractivity contribution in [3.8, 4) is 0 Å². The van der Waals surface area contributed by atoms with Crippen molar-refractivity contribution >= 4 is 11.6 Å². The Hall–Kier alpha value is -1.56. The van der Waals surface area contributed by atoms with Gasteiger partial charge in [0.1, 0.15) is 0 Å². The normalized spacial score (nSPS) is 13.3. The van der Waals surface area contributed by atoms with E-state index in [1.807, 2.05) is 0 Å². The van der Waals surface area contributed by atoms with Crippen LogP contribution in [0.1, 0.15) is 18.6 Å². The molecule has 17 heavy (non-hydrogen) atoms. The van der Waals surface area contributed by atoms with Gasteiger partial charge in [-0.2, -0.15) is 13.2 Å². The summed E-state index contributed by atoms with van der Waals surface area (Å²) in [7, 11) is 1.05. The molecule has 0 aliphatic carbocycles. The average Bonchev–Trinajstić information content (AvgIpc) is 2.26. The maximum Gasteiger partial charge on any atom is 0.471 e. The van der Waals surface area contributed by atoms with Crippen LogP contribution in [0.4, 0.5) is 18.9 Å². The lowest BCUT2D eigenvalue weighted by Gasteiger charge is -2.19. The van der Waals surface area contributed by atoms with Gasteiger partial charge in [-0.1, -0.05) is 12.1 Å². The number of halogens is 3. The van der Waals surface area contributed by atoms with E-state index in [-0.39, 0.29) is 5.69 Å². The number of hydrogen-bond donors (Lipinski definition) is 1. The van der Waals surface area contributed by atoms with Crippen LogP contribution in [-0.2, 0) is 4.79 Å². The molecule has 0 aliphatic rings. The molecule has 0 saturated carbocycles. The average molecular weight is 247 g/mol. The van der Waals surface area contributed by atoms with E-state index in [2.05, 4.69) is 0 Å². The largest absolute Gasteiger partial charge is 0.471 e. The van der Waals surface area contributed by atoms with Gasteiger partial charge in [0, 0.05) is 12.7 Å². The maximum absolute atomic E-state index is 12.2. The lowest BCUT2D eigenvalue weighted by molar-refractivity contribution is -0.170. The molecule has 1 N–H and O–H groups in total. The minimum Gasteiger partial charge on any atom is -0.389 e. The minimum absolute atomic E-state index is 0.122. The molecule has 0 saturated heterocycles. The smallest absolute Gasteiger partial charge is 0.389 e. The molecule has 0 aromatic heterocycles. The van der Waals surface area contributed by atoms with E-state index in [1.165, 1.54) is 24.3 Å². The lowest BCUT2D eigenvalue weighted by Crippen LogP contribution is -2.38. The highest BCUT2D eigenvalue weighted by molar-refractivity contribution is 5.96. The number of hydrogen-bond acceptors (Lipinski definition) is 2. The van der Waals surface area contributed by atoms with Crippen molar-refractivity contribution in [2.45, 2.75) is 19.2 Å². The SMILES string of the molecule is C[C@@H](O)c1ccc(N(C)C(=O)C(F)(F)F)cc1. The van der Waals surface area contributed by atoms with Gasteiger partial charge in [-0.15, -0.1) is 0 Å². The van der Waals surface area contributed by atoms with Gasteiger partial charge in [0.15, 0.2) is 0 Å². The number of carbonyl (C=O) groups is 1. The number of aliphatic hydroxyl groups excluding tert-OH is 1. The molecule has 1 rings (SSSR count). The fourth-order valence-corrected chi connectivity index (χ4v) is 1.28. The third-order valence-electron chi connectivity index (χ3n) is 2.31. The lowest BCUT2D eigenvalue weighted by atomic mass is 10.1. The molecule has 0 radical (unpaired) electrons. The minimum atomic E-state index is -4.89. The number of nitrogens with zero attached hydrogens (tertiary/aromatic N) is 1. The number of alkyl halides is 3. The van der Waals surface area contributed by atoms with Gasteiger partial charge in [0.25, 0.3) is 0 Å². The fraction of sp³-hybridized carbons (Fsp3) is 0.364. The zero-order valence-electron chi connectivity index (χ0n) is 9.32. The number of rotatable bonds is 2. The second-order valence-corrected chi connectivity index (χ2v) is 3.63. The second kappa shape index (κ2) is 4.75. The third kappa shape index (κ3) is 3.20. The van der Waals surface area contributed by atoms with Crippen molar-refractivity contribution in [2.24, 2.45) is 0 Å². The monoisotopic (exact) mass is 247 g/mol. The summed E-state index contributed by atoms with van der Waals surface area (Å²) in [6.07, 6.45) is -5.59. The standard InChI is InChI=1S/C11H12F3NO2/c1-7(16)8-3-5-9(6-4-8)15(2)10(17)11(12,13)14/h3-7,16H,1-2H3/t7-/m1/s1. The summed E-state index contributed by atoms with van der Waals surface area (Å²) in [5.41, 5.74) is 0.693.